The fourth-order valence-corrected chi connectivity index (χ4v) is 11.3. The Labute approximate surface area is 115 Å². The summed E-state index contributed by atoms with van der Waals surface area (Å²) in [6.07, 6.45) is 1.19. The van der Waals surface area contributed by atoms with Gasteiger partial charge in [0.2, 0.25) is 8.32 Å². The lowest BCUT2D eigenvalue weighted by atomic mass is 10.3. The van der Waals surface area contributed by atoms with Gasteiger partial charge < -0.3 is 3.87 Å². The Hall–Kier alpha value is 0.127. The van der Waals surface area contributed by atoms with E-state index < -0.39 is 18.4 Å². The summed E-state index contributed by atoms with van der Waals surface area (Å²) in [6, 6.07) is 2.78. The van der Waals surface area contributed by atoms with E-state index in [1.54, 1.807) is 0 Å². The van der Waals surface area contributed by atoms with Crippen LogP contribution in [-0.4, -0.2) is 23.0 Å². The van der Waals surface area contributed by atoms with Crippen molar-refractivity contribution < 1.29 is 12.3 Å². The zero-order chi connectivity index (χ0) is 14.6. The summed E-state index contributed by atoms with van der Waals surface area (Å²) in [5.41, 5.74) is 0. The second kappa shape index (κ2) is 7.06. The second-order valence-electron chi connectivity index (χ2n) is 6.76. The molecule has 110 valence electrons. The minimum atomic E-state index is -3.36. The van der Waals surface area contributed by atoms with Crippen LogP contribution in [0.4, 0.5) is 0 Å². The molecule has 18 heavy (non-hydrogen) atoms. The lowest BCUT2D eigenvalue weighted by Gasteiger charge is -2.34. The van der Waals surface area contributed by atoms with Gasteiger partial charge in [0, 0.05) is 0 Å². The first kappa shape index (κ1) is 18.1. The molecule has 0 spiro atoms. The summed E-state index contributed by atoms with van der Waals surface area (Å²) in [7, 11) is -5.57. The highest BCUT2D eigenvalue weighted by molar-refractivity contribution is 7.87. The standard InChI is InChI=1S/C13H30O3SSi/c1-11(2)8-18(9-12(3)4,10-13(5)6)16-17(7,14)15/h11-13H,8-10H2,1-7H3. The predicted molar refractivity (Wildman–Crippen MR) is 80.6 cm³/mol. The Kier molecular flexibility index (Phi) is 7.10. The molecular formula is C13H30O3SSi. The minimum absolute atomic E-state index is 0.482. The number of hydrogen-bond donors (Lipinski definition) is 0. The third kappa shape index (κ3) is 8.27. The highest BCUT2D eigenvalue weighted by Gasteiger charge is 2.40. The molecule has 0 aromatic rings. The molecule has 0 aliphatic rings. The Bertz CT molecular complexity index is 308. The lowest BCUT2D eigenvalue weighted by Crippen LogP contribution is -2.43. The summed E-state index contributed by atoms with van der Waals surface area (Å²) in [5.74, 6) is 1.45. The third-order valence-electron chi connectivity index (χ3n) is 2.67. The van der Waals surface area contributed by atoms with Crippen molar-refractivity contribution in [2.24, 2.45) is 17.8 Å². The minimum Gasteiger partial charge on any atom is -0.315 e. The number of hydrogen-bond acceptors (Lipinski definition) is 3. The molecule has 0 radical (unpaired) electrons. The van der Waals surface area contributed by atoms with Crippen molar-refractivity contribution in [3.63, 3.8) is 0 Å². The van der Waals surface area contributed by atoms with Crippen molar-refractivity contribution in [3.8, 4) is 0 Å². The third-order valence-corrected chi connectivity index (χ3v) is 9.98. The fourth-order valence-electron chi connectivity index (χ4n) is 2.91. The molecule has 0 aliphatic heterocycles. The summed E-state index contributed by atoms with van der Waals surface area (Å²) in [4.78, 5) is 0. The Morgan fingerprint density at radius 1 is 0.833 bits per heavy atom. The summed E-state index contributed by atoms with van der Waals surface area (Å²) >= 11 is 0. The van der Waals surface area contributed by atoms with Crippen LogP contribution in [0.15, 0.2) is 0 Å². The van der Waals surface area contributed by atoms with Crippen molar-refractivity contribution in [3.05, 3.63) is 0 Å². The highest BCUT2D eigenvalue weighted by atomic mass is 32.2. The fraction of sp³-hybridized carbons (Fsp3) is 1.00. The molecule has 0 unspecified atom stereocenters. The predicted octanol–water partition coefficient (Wildman–Crippen LogP) is 3.88. The van der Waals surface area contributed by atoms with Gasteiger partial charge in [-0.05, 0) is 35.9 Å². The molecule has 0 saturated heterocycles. The zero-order valence-electron chi connectivity index (χ0n) is 13.0. The smallest absolute Gasteiger partial charge is 0.254 e. The Morgan fingerprint density at radius 3 is 1.28 bits per heavy atom. The van der Waals surface area contributed by atoms with E-state index in [1.165, 1.54) is 6.26 Å². The van der Waals surface area contributed by atoms with Crippen molar-refractivity contribution >= 4 is 18.4 Å². The van der Waals surface area contributed by atoms with Gasteiger partial charge >= 0.3 is 0 Å². The average Bonchev–Trinajstić information content (AvgIpc) is 1.92. The maximum atomic E-state index is 11.6. The molecule has 0 aliphatic carbocycles. The van der Waals surface area contributed by atoms with E-state index in [-0.39, 0.29) is 0 Å². The van der Waals surface area contributed by atoms with Crippen LogP contribution in [0.3, 0.4) is 0 Å². The van der Waals surface area contributed by atoms with Crippen LogP contribution in [0.1, 0.15) is 41.5 Å². The van der Waals surface area contributed by atoms with Crippen LogP contribution in [0, 0.1) is 17.8 Å². The first-order valence-electron chi connectivity index (χ1n) is 6.86. The second-order valence-corrected chi connectivity index (χ2v) is 12.4. The van der Waals surface area contributed by atoms with Gasteiger partial charge in [0.25, 0.3) is 10.1 Å². The van der Waals surface area contributed by atoms with E-state index >= 15 is 0 Å². The molecule has 0 rings (SSSR count). The van der Waals surface area contributed by atoms with Crippen molar-refractivity contribution in [1.29, 1.82) is 0 Å². The molecule has 0 atom stereocenters. The van der Waals surface area contributed by atoms with E-state index in [4.69, 9.17) is 3.87 Å². The normalized spacial score (nSPS) is 13.9. The van der Waals surface area contributed by atoms with Gasteiger partial charge in [0.1, 0.15) is 0 Å². The van der Waals surface area contributed by atoms with E-state index in [2.05, 4.69) is 41.5 Å². The van der Waals surface area contributed by atoms with E-state index in [1.807, 2.05) is 0 Å². The topological polar surface area (TPSA) is 43.4 Å². The molecule has 0 bridgehead atoms. The van der Waals surface area contributed by atoms with Crippen molar-refractivity contribution in [1.82, 2.24) is 0 Å². The van der Waals surface area contributed by atoms with Gasteiger partial charge in [0.15, 0.2) is 0 Å². The van der Waals surface area contributed by atoms with Crippen LogP contribution >= 0.6 is 0 Å². The Balaban J connectivity index is 5.23. The molecule has 0 aromatic heterocycles. The van der Waals surface area contributed by atoms with Gasteiger partial charge in [-0.1, -0.05) is 41.5 Å². The van der Waals surface area contributed by atoms with Crippen LogP contribution in [0.2, 0.25) is 18.1 Å². The van der Waals surface area contributed by atoms with Crippen LogP contribution in [-0.2, 0) is 14.0 Å². The molecule has 0 heterocycles. The monoisotopic (exact) mass is 294 g/mol. The van der Waals surface area contributed by atoms with Crippen molar-refractivity contribution in [2.45, 2.75) is 59.7 Å². The molecule has 0 amide bonds. The molecule has 0 N–H and O–H groups in total. The number of rotatable bonds is 8. The van der Waals surface area contributed by atoms with Crippen molar-refractivity contribution in [2.75, 3.05) is 6.26 Å². The maximum absolute atomic E-state index is 11.6. The van der Waals surface area contributed by atoms with Gasteiger partial charge in [-0.3, -0.25) is 0 Å². The van der Waals surface area contributed by atoms with E-state index in [0.29, 0.717) is 17.8 Å². The average molecular weight is 295 g/mol. The molecule has 0 fully saturated rings. The van der Waals surface area contributed by atoms with Gasteiger partial charge in [-0.2, -0.15) is 0 Å². The summed E-state index contributed by atoms with van der Waals surface area (Å²) < 4.78 is 28.9. The SMILES string of the molecule is CC(C)C[Si](CC(C)C)(CC(C)C)OS(C)(=O)=O. The Morgan fingerprint density at radius 2 is 1.11 bits per heavy atom. The molecule has 0 saturated carbocycles. The largest absolute Gasteiger partial charge is 0.315 e. The van der Waals surface area contributed by atoms with Crippen LogP contribution < -0.4 is 0 Å². The van der Waals surface area contributed by atoms with E-state index in [9.17, 15) is 8.42 Å². The molecule has 0 aromatic carbocycles. The van der Waals surface area contributed by atoms with Gasteiger partial charge in [-0.25, -0.2) is 8.42 Å². The van der Waals surface area contributed by atoms with Crippen LogP contribution in [0.25, 0.3) is 0 Å². The lowest BCUT2D eigenvalue weighted by molar-refractivity contribution is 0.453. The van der Waals surface area contributed by atoms with E-state index in [0.717, 1.165) is 18.1 Å². The molecule has 3 nitrogen and oxygen atoms in total. The molecule has 5 heteroatoms. The zero-order valence-corrected chi connectivity index (χ0v) is 14.8. The van der Waals surface area contributed by atoms with Gasteiger partial charge in [-0.15, -0.1) is 0 Å². The van der Waals surface area contributed by atoms with Crippen LogP contribution in [0.5, 0.6) is 0 Å². The summed E-state index contributed by atoms with van der Waals surface area (Å²) in [6.45, 7) is 12.9. The quantitative estimate of drug-likeness (QED) is 0.638. The molecular weight excluding hydrogens is 264 g/mol. The first-order valence-corrected chi connectivity index (χ1v) is 11.2. The summed E-state index contributed by atoms with van der Waals surface area (Å²) in [5, 5.41) is 0. The highest BCUT2D eigenvalue weighted by Crippen LogP contribution is 2.34. The van der Waals surface area contributed by atoms with Gasteiger partial charge in [0.05, 0.1) is 6.26 Å². The first-order chi connectivity index (χ1) is 7.96. The maximum Gasteiger partial charge on any atom is 0.254 e.